The Morgan fingerprint density at radius 3 is 3.04 bits per heavy atom. The largest absolute Gasteiger partial charge is 0.480 e. The van der Waals surface area contributed by atoms with Crippen LogP contribution in [0.2, 0.25) is 5.02 Å². The summed E-state index contributed by atoms with van der Waals surface area (Å²) in [6, 6.07) is 9.35. The van der Waals surface area contributed by atoms with E-state index in [4.69, 9.17) is 21.1 Å². The maximum absolute atomic E-state index is 13.2. The molecule has 3 heterocycles. The summed E-state index contributed by atoms with van der Waals surface area (Å²) in [6.07, 6.45) is 5.68. The van der Waals surface area contributed by atoms with Crippen molar-refractivity contribution in [3.8, 4) is 5.75 Å². The van der Waals surface area contributed by atoms with Gasteiger partial charge >= 0.3 is 0 Å². The third-order valence-corrected chi connectivity index (χ3v) is 5.06. The maximum atomic E-state index is 13.2. The van der Waals surface area contributed by atoms with E-state index >= 15 is 0 Å². The van der Waals surface area contributed by atoms with E-state index in [0.29, 0.717) is 24.5 Å². The number of aromatic nitrogens is 1. The molecule has 26 heavy (non-hydrogen) atoms. The number of hydrogen-bond acceptors (Lipinski definition) is 4. The van der Waals surface area contributed by atoms with Gasteiger partial charge in [-0.2, -0.15) is 0 Å². The van der Waals surface area contributed by atoms with Gasteiger partial charge in [0.2, 0.25) is 0 Å². The molecule has 1 amide bonds. The highest BCUT2D eigenvalue weighted by Crippen LogP contribution is 2.32. The molecule has 5 nitrogen and oxygen atoms in total. The minimum Gasteiger partial charge on any atom is -0.480 e. The number of rotatable bonds is 5. The number of pyridine rings is 1. The molecular weight excluding hydrogens is 352 g/mol. The number of nitrogens with zero attached hydrogens (tertiary/aromatic N) is 2. The smallest absolute Gasteiger partial charge is 0.264 e. The van der Waals surface area contributed by atoms with Crippen molar-refractivity contribution in [2.75, 3.05) is 13.2 Å². The molecule has 4 rings (SSSR count). The zero-order chi connectivity index (χ0) is 17.9. The fourth-order valence-electron chi connectivity index (χ4n) is 3.54. The van der Waals surface area contributed by atoms with Crippen molar-refractivity contribution >= 4 is 17.5 Å². The number of fused-ring (bicyclic) bond motifs is 1. The van der Waals surface area contributed by atoms with E-state index in [1.165, 1.54) is 0 Å². The van der Waals surface area contributed by atoms with Crippen molar-refractivity contribution in [1.29, 1.82) is 0 Å². The zero-order valence-electron chi connectivity index (χ0n) is 14.4. The van der Waals surface area contributed by atoms with Crippen LogP contribution in [0.15, 0.2) is 42.7 Å². The normalized spacial score (nSPS) is 21.3. The third-order valence-electron chi connectivity index (χ3n) is 4.83. The van der Waals surface area contributed by atoms with E-state index in [1.807, 2.05) is 29.2 Å². The summed E-state index contributed by atoms with van der Waals surface area (Å²) < 4.78 is 11.6. The van der Waals surface area contributed by atoms with E-state index < -0.39 is 6.10 Å². The number of amides is 1. The number of hydrogen-bond donors (Lipinski definition) is 0. The topological polar surface area (TPSA) is 51.7 Å². The van der Waals surface area contributed by atoms with Gasteiger partial charge < -0.3 is 14.4 Å². The Kier molecular flexibility index (Phi) is 5.09. The third kappa shape index (κ3) is 3.84. The van der Waals surface area contributed by atoms with Gasteiger partial charge in [-0.05, 0) is 48.2 Å². The number of ether oxygens (including phenoxy) is 2. The van der Waals surface area contributed by atoms with Crippen LogP contribution in [0.5, 0.6) is 5.75 Å². The summed E-state index contributed by atoms with van der Waals surface area (Å²) in [5.41, 5.74) is 1.98. The van der Waals surface area contributed by atoms with Gasteiger partial charge in [-0.15, -0.1) is 0 Å². The Bertz CT molecular complexity index is 778. The summed E-state index contributed by atoms with van der Waals surface area (Å²) in [5, 5.41) is 0.659. The molecule has 6 heteroatoms. The first-order chi connectivity index (χ1) is 12.7. The first kappa shape index (κ1) is 17.3. The highest BCUT2D eigenvalue weighted by atomic mass is 35.5. The van der Waals surface area contributed by atoms with Gasteiger partial charge in [0.15, 0.2) is 6.10 Å². The molecule has 0 bridgehead atoms. The van der Waals surface area contributed by atoms with Crippen molar-refractivity contribution in [2.45, 2.75) is 38.0 Å². The van der Waals surface area contributed by atoms with E-state index in [-0.39, 0.29) is 12.0 Å². The molecule has 0 spiro atoms. The van der Waals surface area contributed by atoms with Crippen LogP contribution in [0, 0.1) is 0 Å². The SMILES string of the molecule is O=C(C1Cc2cc(Cl)ccc2O1)N(Cc1cccnc1)CC1CCCO1. The van der Waals surface area contributed by atoms with Crippen molar-refractivity contribution in [2.24, 2.45) is 0 Å². The molecule has 0 radical (unpaired) electrons. The number of benzene rings is 1. The van der Waals surface area contributed by atoms with Gasteiger partial charge in [0.05, 0.1) is 6.10 Å². The fourth-order valence-corrected chi connectivity index (χ4v) is 3.73. The Labute approximate surface area is 157 Å². The average molecular weight is 373 g/mol. The maximum Gasteiger partial charge on any atom is 0.264 e. The van der Waals surface area contributed by atoms with E-state index in [0.717, 1.165) is 36.3 Å². The highest BCUT2D eigenvalue weighted by molar-refractivity contribution is 6.30. The van der Waals surface area contributed by atoms with Crippen LogP contribution in [0.25, 0.3) is 0 Å². The van der Waals surface area contributed by atoms with E-state index in [9.17, 15) is 4.79 Å². The van der Waals surface area contributed by atoms with Crippen LogP contribution in [-0.4, -0.2) is 41.2 Å². The predicted molar refractivity (Wildman–Crippen MR) is 98.2 cm³/mol. The van der Waals surface area contributed by atoms with Crippen molar-refractivity contribution < 1.29 is 14.3 Å². The molecule has 1 saturated heterocycles. The summed E-state index contributed by atoms with van der Waals surface area (Å²) in [6.45, 7) is 1.84. The molecular formula is C20H21ClN2O3. The molecule has 2 atom stereocenters. The molecule has 0 aliphatic carbocycles. The Balaban J connectivity index is 1.50. The lowest BCUT2D eigenvalue weighted by Gasteiger charge is -2.27. The van der Waals surface area contributed by atoms with Crippen LogP contribution in [0.1, 0.15) is 24.0 Å². The fraction of sp³-hybridized carbons (Fsp3) is 0.400. The molecule has 1 aromatic carbocycles. The molecule has 2 aliphatic rings. The Morgan fingerprint density at radius 1 is 1.35 bits per heavy atom. The highest BCUT2D eigenvalue weighted by Gasteiger charge is 2.34. The summed E-state index contributed by atoms with van der Waals surface area (Å²) in [7, 11) is 0. The predicted octanol–water partition coefficient (Wildman–Crippen LogP) is 3.25. The summed E-state index contributed by atoms with van der Waals surface area (Å²) in [4.78, 5) is 19.2. The second kappa shape index (κ2) is 7.64. The standard InChI is InChI=1S/C20H21ClN2O3/c21-16-5-6-18-15(9-16)10-19(26-18)20(24)23(13-17-4-2-8-25-17)12-14-3-1-7-22-11-14/h1,3,5-7,9,11,17,19H,2,4,8,10,12-13H2. The lowest BCUT2D eigenvalue weighted by atomic mass is 10.1. The Morgan fingerprint density at radius 2 is 2.27 bits per heavy atom. The lowest BCUT2D eigenvalue weighted by molar-refractivity contribution is -0.140. The zero-order valence-corrected chi connectivity index (χ0v) is 15.2. The van der Waals surface area contributed by atoms with Gasteiger partial charge in [-0.25, -0.2) is 0 Å². The molecule has 0 N–H and O–H groups in total. The van der Waals surface area contributed by atoms with Gasteiger partial charge in [0, 0.05) is 43.5 Å². The summed E-state index contributed by atoms with van der Waals surface area (Å²) >= 11 is 6.06. The van der Waals surface area contributed by atoms with Gasteiger partial charge in [-0.3, -0.25) is 9.78 Å². The molecule has 2 aromatic rings. The molecule has 136 valence electrons. The van der Waals surface area contributed by atoms with Crippen LogP contribution in [-0.2, 0) is 22.5 Å². The first-order valence-electron chi connectivity index (χ1n) is 8.93. The van der Waals surface area contributed by atoms with Crippen LogP contribution < -0.4 is 4.74 Å². The first-order valence-corrected chi connectivity index (χ1v) is 9.31. The molecule has 2 unspecified atom stereocenters. The number of carbonyl (C=O) groups is 1. The van der Waals surface area contributed by atoms with Gasteiger partial charge in [0.25, 0.3) is 5.91 Å². The monoisotopic (exact) mass is 372 g/mol. The van der Waals surface area contributed by atoms with Gasteiger partial charge in [-0.1, -0.05) is 17.7 Å². The van der Waals surface area contributed by atoms with Crippen molar-refractivity contribution in [1.82, 2.24) is 9.88 Å². The second-order valence-corrected chi connectivity index (χ2v) is 7.21. The van der Waals surface area contributed by atoms with E-state index in [1.54, 1.807) is 18.5 Å². The molecule has 2 aliphatic heterocycles. The number of halogens is 1. The second-order valence-electron chi connectivity index (χ2n) is 6.78. The average Bonchev–Trinajstić information content (AvgIpc) is 3.30. The van der Waals surface area contributed by atoms with Crippen LogP contribution in [0.3, 0.4) is 0 Å². The summed E-state index contributed by atoms with van der Waals surface area (Å²) in [5.74, 6) is 0.725. The molecule has 1 fully saturated rings. The van der Waals surface area contributed by atoms with Crippen LogP contribution in [0.4, 0.5) is 0 Å². The minimum atomic E-state index is -0.512. The number of carbonyl (C=O) groups excluding carboxylic acids is 1. The quantitative estimate of drug-likeness (QED) is 0.808. The van der Waals surface area contributed by atoms with Crippen LogP contribution >= 0.6 is 11.6 Å². The molecule has 0 saturated carbocycles. The lowest BCUT2D eigenvalue weighted by Crippen LogP contribution is -2.44. The van der Waals surface area contributed by atoms with Gasteiger partial charge in [0.1, 0.15) is 5.75 Å². The van der Waals surface area contributed by atoms with Crippen molar-refractivity contribution in [3.05, 3.63) is 58.9 Å². The van der Waals surface area contributed by atoms with E-state index in [2.05, 4.69) is 4.98 Å². The Hall–Kier alpha value is -2.11. The van der Waals surface area contributed by atoms with Crippen molar-refractivity contribution in [3.63, 3.8) is 0 Å². The molecule has 1 aromatic heterocycles. The minimum absolute atomic E-state index is 0.0170.